The summed E-state index contributed by atoms with van der Waals surface area (Å²) in [5, 5.41) is 3.73. The minimum Gasteiger partial charge on any atom is -0.492 e. The lowest BCUT2D eigenvalue weighted by Gasteiger charge is -2.18. The molecule has 3 heterocycles. The molecule has 1 amide bonds. The van der Waals surface area contributed by atoms with Crippen LogP contribution in [0.25, 0.3) is 20.4 Å². The number of fused-ring (bicyclic) bond motifs is 3. The third kappa shape index (κ3) is 3.47. The Morgan fingerprint density at radius 2 is 2.03 bits per heavy atom. The summed E-state index contributed by atoms with van der Waals surface area (Å²) in [6, 6.07) is 10.3. The number of rotatable bonds is 6. The van der Waals surface area contributed by atoms with Crippen LogP contribution in [0, 0.1) is 0 Å². The predicted octanol–water partition coefficient (Wildman–Crippen LogP) is 3.99. The van der Waals surface area contributed by atoms with Crippen molar-refractivity contribution in [2.45, 2.75) is 26.3 Å². The van der Waals surface area contributed by atoms with Crippen LogP contribution >= 0.6 is 11.3 Å². The second kappa shape index (κ2) is 8.00. The molecule has 1 unspecified atom stereocenters. The van der Waals surface area contributed by atoms with Gasteiger partial charge in [0.25, 0.3) is 5.56 Å². The number of benzene rings is 1. The van der Waals surface area contributed by atoms with Crippen molar-refractivity contribution in [2.24, 2.45) is 0 Å². The molecule has 1 aromatic carbocycles. The van der Waals surface area contributed by atoms with Crippen LogP contribution in [0.15, 0.2) is 53.7 Å². The zero-order valence-corrected chi connectivity index (χ0v) is 16.9. The Kier molecular flexibility index (Phi) is 5.26. The Labute approximate surface area is 171 Å². The molecule has 0 aliphatic carbocycles. The van der Waals surface area contributed by atoms with Crippen molar-refractivity contribution in [3.8, 4) is 5.75 Å². The molecule has 0 saturated carbocycles. The second-order valence-electron chi connectivity index (χ2n) is 6.44. The van der Waals surface area contributed by atoms with Gasteiger partial charge in [0.2, 0.25) is 5.91 Å². The summed E-state index contributed by atoms with van der Waals surface area (Å²) in [4.78, 5) is 35.7. The third-order valence-corrected chi connectivity index (χ3v) is 5.74. The zero-order chi connectivity index (χ0) is 20.4. The Bertz CT molecular complexity index is 1250. The average molecular weight is 408 g/mol. The fraction of sp³-hybridized carbons (Fsp3) is 0.238. The van der Waals surface area contributed by atoms with Gasteiger partial charge in [-0.2, -0.15) is 0 Å². The first-order chi connectivity index (χ1) is 14.1. The summed E-state index contributed by atoms with van der Waals surface area (Å²) >= 11 is 1.30. The van der Waals surface area contributed by atoms with Crippen LogP contribution < -0.4 is 15.6 Å². The van der Waals surface area contributed by atoms with E-state index in [4.69, 9.17) is 4.74 Å². The van der Waals surface area contributed by atoms with Gasteiger partial charge in [0.1, 0.15) is 21.3 Å². The van der Waals surface area contributed by atoms with Gasteiger partial charge in [0.15, 0.2) is 0 Å². The molecule has 4 rings (SSSR count). The van der Waals surface area contributed by atoms with Crippen molar-refractivity contribution in [3.05, 3.63) is 59.3 Å². The molecule has 0 radical (unpaired) electrons. The molecular formula is C21H20N4O3S. The molecule has 7 nitrogen and oxygen atoms in total. The lowest BCUT2D eigenvalue weighted by Crippen LogP contribution is -2.33. The Hall–Kier alpha value is -3.26. The predicted molar refractivity (Wildman–Crippen MR) is 115 cm³/mol. The molecule has 1 atom stereocenters. The third-order valence-electron chi connectivity index (χ3n) is 4.65. The molecule has 0 bridgehead atoms. The van der Waals surface area contributed by atoms with Gasteiger partial charge in [-0.1, -0.05) is 19.1 Å². The molecule has 1 N–H and O–H groups in total. The van der Waals surface area contributed by atoms with Crippen molar-refractivity contribution in [1.29, 1.82) is 0 Å². The molecule has 8 heteroatoms. The van der Waals surface area contributed by atoms with Gasteiger partial charge in [0.05, 0.1) is 24.1 Å². The molecule has 29 heavy (non-hydrogen) atoms. The zero-order valence-electron chi connectivity index (χ0n) is 16.1. The van der Waals surface area contributed by atoms with Crippen molar-refractivity contribution < 1.29 is 9.53 Å². The number of nitrogens with one attached hydrogen (secondary N) is 1. The van der Waals surface area contributed by atoms with Gasteiger partial charge < -0.3 is 10.1 Å². The highest BCUT2D eigenvalue weighted by Gasteiger charge is 2.23. The van der Waals surface area contributed by atoms with Gasteiger partial charge in [-0.25, -0.2) is 9.97 Å². The van der Waals surface area contributed by atoms with Crippen LogP contribution in [-0.2, 0) is 4.79 Å². The molecule has 0 aliphatic rings. The number of nitrogens with zero attached hydrogens (tertiary/aromatic N) is 3. The fourth-order valence-electron chi connectivity index (χ4n) is 3.28. The van der Waals surface area contributed by atoms with E-state index < -0.39 is 6.04 Å². The molecular weight excluding hydrogens is 388 g/mol. The molecule has 4 aromatic rings. The van der Waals surface area contributed by atoms with E-state index in [1.54, 1.807) is 18.3 Å². The lowest BCUT2D eigenvalue weighted by molar-refractivity contribution is -0.119. The Morgan fingerprint density at radius 3 is 2.83 bits per heavy atom. The number of amides is 1. The van der Waals surface area contributed by atoms with Crippen molar-refractivity contribution in [1.82, 2.24) is 14.5 Å². The number of hydrogen-bond donors (Lipinski definition) is 1. The topological polar surface area (TPSA) is 86.1 Å². The summed E-state index contributed by atoms with van der Waals surface area (Å²) in [7, 11) is 0. The van der Waals surface area contributed by atoms with Crippen LogP contribution in [0.1, 0.15) is 26.3 Å². The first-order valence-electron chi connectivity index (χ1n) is 9.41. The standard InChI is InChI=1S/C21H20N4O3S/c1-3-15(19(26)24-14-9-5-6-10-16(14)28-4-2)25-12-23-17-13-8-7-11-22-20(13)29-18(17)21(25)27/h5-12,15H,3-4H2,1-2H3,(H,24,26). The summed E-state index contributed by atoms with van der Waals surface area (Å²) in [6.45, 7) is 4.24. The second-order valence-corrected chi connectivity index (χ2v) is 7.43. The Balaban J connectivity index is 1.71. The van der Waals surface area contributed by atoms with E-state index in [-0.39, 0.29) is 11.5 Å². The molecule has 0 saturated heterocycles. The van der Waals surface area contributed by atoms with E-state index >= 15 is 0 Å². The van der Waals surface area contributed by atoms with Gasteiger partial charge >= 0.3 is 0 Å². The van der Waals surface area contributed by atoms with E-state index in [2.05, 4.69) is 15.3 Å². The molecule has 3 aromatic heterocycles. The molecule has 0 spiro atoms. The van der Waals surface area contributed by atoms with E-state index in [1.807, 2.05) is 38.1 Å². The quantitative estimate of drug-likeness (QED) is 0.521. The van der Waals surface area contributed by atoms with Crippen LogP contribution in [0.4, 0.5) is 5.69 Å². The fourth-order valence-corrected chi connectivity index (χ4v) is 4.31. The van der Waals surface area contributed by atoms with Crippen molar-refractivity contribution in [2.75, 3.05) is 11.9 Å². The smallest absolute Gasteiger partial charge is 0.272 e. The van der Waals surface area contributed by atoms with E-state index in [1.165, 1.54) is 22.2 Å². The highest BCUT2D eigenvalue weighted by Crippen LogP contribution is 2.29. The van der Waals surface area contributed by atoms with Crippen LogP contribution in [0.3, 0.4) is 0 Å². The number of thiophene rings is 1. The van der Waals surface area contributed by atoms with Gasteiger partial charge in [0, 0.05) is 11.6 Å². The highest BCUT2D eigenvalue weighted by atomic mass is 32.1. The number of anilines is 1. The number of pyridine rings is 1. The van der Waals surface area contributed by atoms with Crippen molar-refractivity contribution in [3.63, 3.8) is 0 Å². The minimum absolute atomic E-state index is 0.238. The molecule has 0 fully saturated rings. The molecule has 0 aliphatic heterocycles. The van der Waals surface area contributed by atoms with E-state index in [0.717, 1.165) is 10.2 Å². The maximum Gasteiger partial charge on any atom is 0.272 e. The summed E-state index contributed by atoms with van der Waals surface area (Å²) < 4.78 is 7.47. The Morgan fingerprint density at radius 1 is 1.21 bits per heavy atom. The monoisotopic (exact) mass is 408 g/mol. The van der Waals surface area contributed by atoms with Gasteiger partial charge in [-0.05, 0) is 37.6 Å². The minimum atomic E-state index is -0.688. The summed E-state index contributed by atoms with van der Waals surface area (Å²) in [6.07, 6.45) is 3.58. The van der Waals surface area contributed by atoms with Crippen LogP contribution in [-0.4, -0.2) is 27.0 Å². The number of carbonyl (C=O) groups excluding carboxylic acids is 1. The maximum atomic E-state index is 13.1. The maximum absolute atomic E-state index is 13.1. The first kappa shape index (κ1) is 19.1. The van der Waals surface area contributed by atoms with Gasteiger partial charge in [-0.15, -0.1) is 11.3 Å². The normalized spacial score (nSPS) is 12.2. The van der Waals surface area contributed by atoms with E-state index in [9.17, 15) is 9.59 Å². The van der Waals surface area contributed by atoms with Gasteiger partial charge in [-0.3, -0.25) is 14.2 Å². The van der Waals surface area contributed by atoms with Crippen LogP contribution in [0.2, 0.25) is 0 Å². The molecule has 148 valence electrons. The lowest BCUT2D eigenvalue weighted by atomic mass is 10.2. The van der Waals surface area contributed by atoms with Crippen molar-refractivity contribution >= 4 is 43.4 Å². The summed E-state index contributed by atoms with van der Waals surface area (Å²) in [5.41, 5.74) is 0.959. The average Bonchev–Trinajstić information content (AvgIpc) is 3.11. The number of carbonyl (C=O) groups is 1. The number of ether oxygens (including phenoxy) is 1. The van der Waals surface area contributed by atoms with E-state index in [0.29, 0.717) is 34.7 Å². The SMILES string of the molecule is CCOc1ccccc1NC(=O)C(CC)n1cnc2c(sc3ncccc32)c1=O. The van der Waals surface area contributed by atoms with Crippen LogP contribution in [0.5, 0.6) is 5.75 Å². The largest absolute Gasteiger partial charge is 0.492 e. The first-order valence-corrected chi connectivity index (χ1v) is 10.2. The number of para-hydroxylation sites is 2. The summed E-state index contributed by atoms with van der Waals surface area (Å²) in [5.74, 6) is 0.303. The highest BCUT2D eigenvalue weighted by molar-refractivity contribution is 7.25. The number of aromatic nitrogens is 3. The number of hydrogen-bond acceptors (Lipinski definition) is 6.